The topological polar surface area (TPSA) is 63.3 Å². The Kier molecular flexibility index (Phi) is 2.51. The van der Waals surface area contributed by atoms with E-state index in [4.69, 9.17) is 5.73 Å². The molecular formula is C7H5FINO2. The van der Waals surface area contributed by atoms with Crippen LogP contribution in [0.2, 0.25) is 0 Å². The van der Waals surface area contributed by atoms with E-state index in [9.17, 15) is 14.3 Å². The van der Waals surface area contributed by atoms with Crippen LogP contribution in [0.3, 0.4) is 0 Å². The number of amides is 1. The van der Waals surface area contributed by atoms with Crippen LogP contribution in [0, 0.1) is 9.39 Å². The molecule has 5 heteroatoms. The van der Waals surface area contributed by atoms with Gasteiger partial charge >= 0.3 is 0 Å². The highest BCUT2D eigenvalue weighted by molar-refractivity contribution is 14.1. The molecule has 0 atom stereocenters. The van der Waals surface area contributed by atoms with Crippen molar-refractivity contribution in [3.8, 4) is 5.75 Å². The fourth-order valence-corrected chi connectivity index (χ4v) is 1.34. The molecule has 3 N–H and O–H groups in total. The zero-order valence-electron chi connectivity index (χ0n) is 5.84. The summed E-state index contributed by atoms with van der Waals surface area (Å²) < 4.78 is 12.9. The van der Waals surface area contributed by atoms with Gasteiger partial charge in [-0.1, -0.05) is 0 Å². The van der Waals surface area contributed by atoms with Crippen molar-refractivity contribution in [2.24, 2.45) is 5.73 Å². The Balaban J connectivity index is 3.37. The molecule has 0 radical (unpaired) electrons. The van der Waals surface area contributed by atoms with Crippen molar-refractivity contribution >= 4 is 28.5 Å². The monoisotopic (exact) mass is 281 g/mol. The number of carbonyl (C=O) groups excluding carboxylic acids is 1. The Hall–Kier alpha value is -0.850. The van der Waals surface area contributed by atoms with E-state index >= 15 is 0 Å². The zero-order valence-corrected chi connectivity index (χ0v) is 8.00. The summed E-state index contributed by atoms with van der Waals surface area (Å²) in [6.07, 6.45) is 0. The average Bonchev–Trinajstić information content (AvgIpc) is 1.96. The molecule has 0 spiro atoms. The predicted octanol–water partition coefficient (Wildman–Crippen LogP) is 1.23. The van der Waals surface area contributed by atoms with Crippen molar-refractivity contribution in [1.82, 2.24) is 0 Å². The van der Waals surface area contributed by atoms with Gasteiger partial charge in [-0.3, -0.25) is 4.79 Å². The van der Waals surface area contributed by atoms with Gasteiger partial charge in [0, 0.05) is 0 Å². The highest BCUT2D eigenvalue weighted by atomic mass is 127. The largest absolute Gasteiger partial charge is 0.506 e. The summed E-state index contributed by atoms with van der Waals surface area (Å²) in [5.74, 6) is -1.71. The molecule has 0 aromatic heterocycles. The quantitative estimate of drug-likeness (QED) is 0.760. The first-order chi connectivity index (χ1) is 5.52. The second-order valence-electron chi connectivity index (χ2n) is 2.15. The molecular weight excluding hydrogens is 276 g/mol. The Morgan fingerprint density at radius 3 is 2.67 bits per heavy atom. The number of rotatable bonds is 1. The predicted molar refractivity (Wildman–Crippen MR) is 49.3 cm³/mol. The number of phenols is 1. The van der Waals surface area contributed by atoms with Crippen LogP contribution in [0.4, 0.5) is 4.39 Å². The number of hydrogen-bond acceptors (Lipinski definition) is 2. The summed E-state index contributed by atoms with van der Waals surface area (Å²) in [6.45, 7) is 0. The molecule has 0 fully saturated rings. The second-order valence-corrected chi connectivity index (χ2v) is 3.31. The van der Waals surface area contributed by atoms with E-state index in [1.54, 1.807) is 22.6 Å². The zero-order chi connectivity index (χ0) is 9.30. The molecule has 0 aliphatic carbocycles. The van der Waals surface area contributed by atoms with Gasteiger partial charge in [0.1, 0.15) is 11.6 Å². The van der Waals surface area contributed by atoms with Crippen LogP contribution in [0.25, 0.3) is 0 Å². The Morgan fingerprint density at radius 1 is 1.58 bits per heavy atom. The first-order valence-corrected chi connectivity index (χ1v) is 4.08. The summed E-state index contributed by atoms with van der Waals surface area (Å²) in [6, 6.07) is 2.02. The number of benzene rings is 1. The lowest BCUT2D eigenvalue weighted by Gasteiger charge is -2.01. The van der Waals surface area contributed by atoms with E-state index < -0.39 is 11.7 Å². The number of carbonyl (C=O) groups is 1. The van der Waals surface area contributed by atoms with Gasteiger partial charge in [0.05, 0.1) is 9.13 Å². The molecule has 12 heavy (non-hydrogen) atoms. The third kappa shape index (κ3) is 1.66. The third-order valence-electron chi connectivity index (χ3n) is 1.29. The maximum atomic E-state index is 12.6. The molecule has 0 saturated heterocycles. The summed E-state index contributed by atoms with van der Waals surface area (Å²) in [5.41, 5.74) is 4.69. The van der Waals surface area contributed by atoms with Crippen molar-refractivity contribution < 1.29 is 14.3 Å². The van der Waals surface area contributed by atoms with E-state index in [2.05, 4.69) is 0 Å². The lowest BCUT2D eigenvalue weighted by molar-refractivity contribution is 0.0997. The van der Waals surface area contributed by atoms with Crippen LogP contribution in [0.15, 0.2) is 12.1 Å². The Bertz CT molecular complexity index is 340. The van der Waals surface area contributed by atoms with Crippen LogP contribution < -0.4 is 5.73 Å². The molecule has 0 unspecified atom stereocenters. The minimum absolute atomic E-state index is 0.195. The lowest BCUT2D eigenvalue weighted by atomic mass is 10.2. The standard InChI is InChI=1S/C7H5FINO2/c8-3-1-4(7(10)12)6(11)5(9)2-3/h1-2,11H,(H2,10,12). The maximum absolute atomic E-state index is 12.6. The molecule has 3 nitrogen and oxygen atoms in total. The van der Waals surface area contributed by atoms with Gasteiger partial charge in [-0.2, -0.15) is 0 Å². The molecule has 1 amide bonds. The normalized spacial score (nSPS) is 9.83. The highest BCUT2D eigenvalue weighted by Crippen LogP contribution is 2.24. The van der Waals surface area contributed by atoms with Crippen LogP contribution in [-0.4, -0.2) is 11.0 Å². The minimum Gasteiger partial charge on any atom is -0.506 e. The van der Waals surface area contributed by atoms with E-state index in [1.807, 2.05) is 0 Å². The molecule has 0 aliphatic heterocycles. The number of halogens is 2. The first-order valence-electron chi connectivity index (χ1n) is 3.00. The van der Waals surface area contributed by atoms with E-state index in [-0.39, 0.29) is 14.9 Å². The summed E-state index contributed by atoms with van der Waals surface area (Å²) >= 11 is 1.71. The second kappa shape index (κ2) is 3.26. The first kappa shape index (κ1) is 9.24. The van der Waals surface area contributed by atoms with Gasteiger partial charge in [0.15, 0.2) is 0 Å². The Labute approximate surface area is 81.5 Å². The smallest absolute Gasteiger partial charge is 0.252 e. The molecule has 1 aromatic carbocycles. The SMILES string of the molecule is NC(=O)c1cc(F)cc(I)c1O. The fraction of sp³-hybridized carbons (Fsp3) is 0. The minimum atomic E-state index is -0.843. The molecule has 64 valence electrons. The van der Waals surface area contributed by atoms with E-state index in [0.29, 0.717) is 0 Å². The van der Waals surface area contributed by atoms with Crippen molar-refractivity contribution in [1.29, 1.82) is 0 Å². The van der Waals surface area contributed by atoms with Gasteiger partial charge in [0.25, 0.3) is 5.91 Å². The molecule has 0 heterocycles. The van der Waals surface area contributed by atoms with Crippen molar-refractivity contribution in [3.05, 3.63) is 27.1 Å². The molecule has 0 aliphatic rings. The van der Waals surface area contributed by atoms with Gasteiger partial charge in [-0.05, 0) is 34.7 Å². The number of aromatic hydroxyl groups is 1. The van der Waals surface area contributed by atoms with Crippen molar-refractivity contribution in [2.75, 3.05) is 0 Å². The van der Waals surface area contributed by atoms with E-state index in [1.165, 1.54) is 0 Å². The molecule has 1 rings (SSSR count). The molecule has 1 aromatic rings. The van der Waals surface area contributed by atoms with Gasteiger partial charge in [-0.15, -0.1) is 0 Å². The number of hydrogen-bond donors (Lipinski definition) is 2. The summed E-state index contributed by atoms with van der Waals surface area (Å²) in [4.78, 5) is 10.6. The fourth-order valence-electron chi connectivity index (χ4n) is 0.754. The van der Waals surface area contributed by atoms with Crippen molar-refractivity contribution in [2.45, 2.75) is 0 Å². The average molecular weight is 281 g/mol. The summed E-state index contributed by atoms with van der Waals surface area (Å²) in [5, 5.41) is 9.22. The molecule has 0 saturated carbocycles. The van der Waals surface area contributed by atoms with Crippen LogP contribution in [0.1, 0.15) is 10.4 Å². The molecule has 0 bridgehead atoms. The van der Waals surface area contributed by atoms with E-state index in [0.717, 1.165) is 12.1 Å². The summed E-state index contributed by atoms with van der Waals surface area (Å²) in [7, 11) is 0. The highest BCUT2D eigenvalue weighted by Gasteiger charge is 2.12. The van der Waals surface area contributed by atoms with Crippen molar-refractivity contribution in [3.63, 3.8) is 0 Å². The lowest BCUT2D eigenvalue weighted by Crippen LogP contribution is -2.11. The van der Waals surface area contributed by atoms with Gasteiger partial charge in [-0.25, -0.2) is 4.39 Å². The number of nitrogens with two attached hydrogens (primary N) is 1. The van der Waals surface area contributed by atoms with Crippen LogP contribution in [0.5, 0.6) is 5.75 Å². The van der Waals surface area contributed by atoms with Gasteiger partial charge in [0.2, 0.25) is 0 Å². The maximum Gasteiger partial charge on any atom is 0.252 e. The number of primary amides is 1. The van der Waals surface area contributed by atoms with Gasteiger partial charge < -0.3 is 10.8 Å². The van der Waals surface area contributed by atoms with Crippen LogP contribution >= 0.6 is 22.6 Å². The van der Waals surface area contributed by atoms with Crippen LogP contribution in [-0.2, 0) is 0 Å². The third-order valence-corrected chi connectivity index (χ3v) is 2.12. The Morgan fingerprint density at radius 2 is 2.17 bits per heavy atom.